The van der Waals surface area contributed by atoms with Gasteiger partial charge in [0.05, 0.1) is 17.7 Å². The zero-order valence-corrected chi connectivity index (χ0v) is 17.9. The fourth-order valence-electron chi connectivity index (χ4n) is 3.71. The zero-order valence-electron chi connectivity index (χ0n) is 17.2. The molecule has 3 aromatic rings. The smallest absolute Gasteiger partial charge is 0.300 e. The van der Waals surface area contributed by atoms with E-state index in [1.807, 2.05) is 13.0 Å². The SMILES string of the molecule is COc1cc(/C(O)=C2/C(=O)C(=O)N(c3cccc(C)c3)C2c2ccc(C)o2)ccc1Cl. The van der Waals surface area contributed by atoms with Gasteiger partial charge in [-0.05, 0) is 61.9 Å². The standard InChI is InChI=1S/C24H20ClNO5/c1-13-5-4-6-16(11-13)26-21(18-10-7-14(2)31-18)20(23(28)24(26)29)22(27)15-8-9-17(25)19(12-15)30-3/h4-12,21,27H,1-3H3/b22-20-. The third kappa shape index (κ3) is 3.59. The van der Waals surface area contributed by atoms with Crippen molar-refractivity contribution < 1.29 is 23.8 Å². The number of Topliss-reactive ketones (excluding diaryl/α,β-unsaturated/α-hetero) is 1. The van der Waals surface area contributed by atoms with Gasteiger partial charge in [-0.15, -0.1) is 0 Å². The monoisotopic (exact) mass is 437 g/mol. The molecule has 0 saturated carbocycles. The second kappa shape index (κ2) is 7.96. The van der Waals surface area contributed by atoms with Gasteiger partial charge in [0, 0.05) is 11.3 Å². The lowest BCUT2D eigenvalue weighted by Gasteiger charge is -2.23. The van der Waals surface area contributed by atoms with Gasteiger partial charge in [-0.2, -0.15) is 0 Å². The molecule has 1 aliphatic heterocycles. The average Bonchev–Trinajstić information content (AvgIpc) is 3.29. The fraction of sp³-hybridized carbons (Fsp3) is 0.167. The Kier molecular flexibility index (Phi) is 5.33. The van der Waals surface area contributed by atoms with E-state index in [4.69, 9.17) is 20.8 Å². The van der Waals surface area contributed by atoms with Crippen LogP contribution in [0.4, 0.5) is 5.69 Å². The van der Waals surface area contributed by atoms with Crippen molar-refractivity contribution in [1.29, 1.82) is 0 Å². The second-order valence-electron chi connectivity index (χ2n) is 7.31. The summed E-state index contributed by atoms with van der Waals surface area (Å²) in [4.78, 5) is 27.5. The third-order valence-corrected chi connectivity index (χ3v) is 5.49. The summed E-state index contributed by atoms with van der Waals surface area (Å²) in [5, 5.41) is 11.5. The van der Waals surface area contributed by atoms with E-state index in [1.165, 1.54) is 18.1 Å². The Labute approximate surface area is 184 Å². The summed E-state index contributed by atoms with van der Waals surface area (Å²) in [5.74, 6) is -0.538. The fourth-order valence-corrected chi connectivity index (χ4v) is 3.90. The summed E-state index contributed by atoms with van der Waals surface area (Å²) in [5.41, 5.74) is 1.70. The van der Waals surface area contributed by atoms with E-state index in [2.05, 4.69) is 0 Å². The number of ether oxygens (including phenoxy) is 1. The number of hydrogen-bond donors (Lipinski definition) is 1. The van der Waals surface area contributed by atoms with Crippen molar-refractivity contribution in [3.63, 3.8) is 0 Å². The van der Waals surface area contributed by atoms with Gasteiger partial charge in [0.2, 0.25) is 0 Å². The van der Waals surface area contributed by atoms with Crippen molar-refractivity contribution in [3.8, 4) is 5.75 Å². The lowest BCUT2D eigenvalue weighted by Crippen LogP contribution is -2.29. The Morgan fingerprint density at radius 1 is 1.10 bits per heavy atom. The maximum Gasteiger partial charge on any atom is 0.300 e. The maximum atomic E-state index is 13.1. The van der Waals surface area contributed by atoms with Crippen LogP contribution in [0.2, 0.25) is 5.02 Å². The van der Waals surface area contributed by atoms with Crippen LogP contribution in [0.25, 0.3) is 5.76 Å². The topological polar surface area (TPSA) is 80.0 Å². The molecule has 2 heterocycles. The molecule has 1 amide bonds. The normalized spacial score (nSPS) is 17.9. The van der Waals surface area contributed by atoms with Crippen LogP contribution in [0.5, 0.6) is 5.75 Å². The number of methoxy groups -OCH3 is 1. The quantitative estimate of drug-likeness (QED) is 0.345. The summed E-state index contributed by atoms with van der Waals surface area (Å²) in [6.45, 7) is 3.67. The molecule has 1 fully saturated rings. The Morgan fingerprint density at radius 3 is 2.52 bits per heavy atom. The number of nitrogens with zero attached hydrogens (tertiary/aromatic N) is 1. The molecule has 1 aromatic heterocycles. The Bertz CT molecular complexity index is 1230. The molecule has 158 valence electrons. The van der Waals surface area contributed by atoms with Gasteiger partial charge in [0.1, 0.15) is 29.1 Å². The van der Waals surface area contributed by atoms with E-state index in [0.717, 1.165) is 5.56 Å². The van der Waals surface area contributed by atoms with Crippen LogP contribution in [0.3, 0.4) is 0 Å². The molecular weight excluding hydrogens is 418 g/mol. The molecule has 7 heteroatoms. The number of anilines is 1. The number of benzene rings is 2. The predicted molar refractivity (Wildman–Crippen MR) is 117 cm³/mol. The molecule has 6 nitrogen and oxygen atoms in total. The summed E-state index contributed by atoms with van der Waals surface area (Å²) in [7, 11) is 1.45. The van der Waals surface area contributed by atoms with E-state index in [-0.39, 0.29) is 11.3 Å². The van der Waals surface area contributed by atoms with Crippen LogP contribution < -0.4 is 9.64 Å². The van der Waals surface area contributed by atoms with Gasteiger partial charge in [-0.25, -0.2) is 0 Å². The van der Waals surface area contributed by atoms with Gasteiger partial charge in [0.25, 0.3) is 11.7 Å². The first-order chi connectivity index (χ1) is 14.8. The summed E-state index contributed by atoms with van der Waals surface area (Å²) >= 11 is 6.09. The van der Waals surface area contributed by atoms with Crippen LogP contribution in [-0.2, 0) is 9.59 Å². The van der Waals surface area contributed by atoms with E-state index >= 15 is 0 Å². The van der Waals surface area contributed by atoms with Gasteiger partial charge in [0.15, 0.2) is 0 Å². The number of carbonyl (C=O) groups excluding carboxylic acids is 2. The van der Waals surface area contributed by atoms with Crippen LogP contribution in [0.1, 0.15) is 28.7 Å². The Balaban J connectivity index is 1.94. The van der Waals surface area contributed by atoms with E-state index < -0.39 is 17.7 Å². The molecule has 1 saturated heterocycles. The molecule has 0 bridgehead atoms. The summed E-state index contributed by atoms with van der Waals surface area (Å²) in [6.07, 6.45) is 0. The van der Waals surface area contributed by atoms with Gasteiger partial charge in [-0.1, -0.05) is 23.7 Å². The number of aryl methyl sites for hydroxylation is 2. The van der Waals surface area contributed by atoms with Crippen LogP contribution in [0, 0.1) is 13.8 Å². The van der Waals surface area contributed by atoms with Crippen molar-refractivity contribution in [2.75, 3.05) is 12.0 Å². The van der Waals surface area contributed by atoms with Crippen LogP contribution in [-0.4, -0.2) is 23.9 Å². The number of furan rings is 1. The minimum absolute atomic E-state index is 0.0646. The summed E-state index contributed by atoms with van der Waals surface area (Å²) < 4.78 is 11.0. The first-order valence-corrected chi connectivity index (χ1v) is 9.97. The van der Waals surface area contributed by atoms with Crippen molar-refractivity contribution in [2.45, 2.75) is 19.9 Å². The van der Waals surface area contributed by atoms with Crippen molar-refractivity contribution in [1.82, 2.24) is 0 Å². The van der Waals surface area contributed by atoms with E-state index in [1.54, 1.807) is 49.4 Å². The minimum atomic E-state index is -0.919. The number of aliphatic hydroxyl groups excluding tert-OH is 1. The zero-order chi connectivity index (χ0) is 22.3. The highest BCUT2D eigenvalue weighted by Gasteiger charge is 2.48. The number of carbonyl (C=O) groups is 2. The van der Waals surface area contributed by atoms with Crippen molar-refractivity contribution >= 4 is 34.7 Å². The van der Waals surface area contributed by atoms with Crippen molar-refractivity contribution in [2.24, 2.45) is 0 Å². The number of amides is 1. The highest BCUT2D eigenvalue weighted by molar-refractivity contribution is 6.51. The first kappa shape index (κ1) is 20.8. The van der Waals surface area contributed by atoms with Gasteiger partial charge < -0.3 is 14.3 Å². The first-order valence-electron chi connectivity index (χ1n) is 9.59. The van der Waals surface area contributed by atoms with Crippen LogP contribution >= 0.6 is 11.6 Å². The lowest BCUT2D eigenvalue weighted by molar-refractivity contribution is -0.132. The number of halogens is 1. The molecule has 0 radical (unpaired) electrons. The van der Waals surface area contributed by atoms with Crippen LogP contribution in [0.15, 0.2) is 64.6 Å². The second-order valence-corrected chi connectivity index (χ2v) is 7.71. The number of ketones is 1. The molecule has 1 N–H and O–H groups in total. The Hall–Kier alpha value is -3.51. The van der Waals surface area contributed by atoms with Crippen molar-refractivity contribution in [3.05, 3.63) is 87.8 Å². The number of aliphatic hydroxyl groups is 1. The molecular formula is C24H20ClNO5. The highest BCUT2D eigenvalue weighted by atomic mass is 35.5. The molecule has 0 spiro atoms. The van der Waals surface area contributed by atoms with E-state index in [9.17, 15) is 14.7 Å². The maximum absolute atomic E-state index is 13.1. The Morgan fingerprint density at radius 2 is 1.87 bits per heavy atom. The molecule has 0 aliphatic carbocycles. The molecule has 1 aliphatic rings. The average molecular weight is 438 g/mol. The number of rotatable bonds is 4. The molecule has 4 rings (SSSR count). The van der Waals surface area contributed by atoms with Gasteiger partial charge in [-0.3, -0.25) is 14.5 Å². The van der Waals surface area contributed by atoms with E-state index in [0.29, 0.717) is 33.5 Å². The lowest BCUT2D eigenvalue weighted by atomic mass is 9.99. The predicted octanol–water partition coefficient (Wildman–Crippen LogP) is 5.18. The summed E-state index contributed by atoms with van der Waals surface area (Å²) in [6, 6.07) is 14.4. The molecule has 1 unspecified atom stereocenters. The molecule has 1 atom stereocenters. The highest BCUT2D eigenvalue weighted by Crippen LogP contribution is 2.43. The largest absolute Gasteiger partial charge is 0.507 e. The van der Waals surface area contributed by atoms with Gasteiger partial charge >= 0.3 is 0 Å². The molecule has 2 aromatic carbocycles. The minimum Gasteiger partial charge on any atom is -0.507 e. The molecule has 31 heavy (non-hydrogen) atoms. The third-order valence-electron chi connectivity index (χ3n) is 5.18. The number of hydrogen-bond acceptors (Lipinski definition) is 5.